The number of halogens is 1. The Balaban J connectivity index is 2.08. The van der Waals surface area contributed by atoms with Crippen molar-refractivity contribution >= 4 is 11.6 Å². The molecule has 1 amide bonds. The van der Waals surface area contributed by atoms with E-state index >= 15 is 0 Å². The van der Waals surface area contributed by atoms with Crippen molar-refractivity contribution in [3.8, 4) is 0 Å². The Hall–Kier alpha value is -1.58. The molecule has 1 saturated carbocycles. The molecule has 1 fully saturated rings. The molecule has 3 rings (SSSR count). The van der Waals surface area contributed by atoms with Crippen LogP contribution in [-0.2, 0) is 0 Å². The Morgan fingerprint density at radius 2 is 2.07 bits per heavy atom. The molecule has 2 aliphatic rings. The third-order valence-electron chi connectivity index (χ3n) is 3.17. The minimum Gasteiger partial charge on any atom is -0.362 e. The number of fused-ring (bicyclic) bond motifs is 1. The Morgan fingerprint density at radius 1 is 1.27 bits per heavy atom. The molecule has 0 bridgehead atoms. The van der Waals surface area contributed by atoms with Crippen molar-refractivity contribution in [3.63, 3.8) is 0 Å². The monoisotopic (exact) mass is 206 g/mol. The predicted molar refractivity (Wildman–Crippen MR) is 54.1 cm³/mol. The first-order chi connectivity index (χ1) is 7.20. The lowest BCUT2D eigenvalue weighted by molar-refractivity contribution is 0.0839. The van der Waals surface area contributed by atoms with Crippen molar-refractivity contribution in [3.05, 3.63) is 29.6 Å². The average molecular weight is 206 g/mol. The molecule has 1 heterocycles. The van der Waals surface area contributed by atoms with Crippen molar-refractivity contribution in [1.82, 2.24) is 5.32 Å². The van der Waals surface area contributed by atoms with Crippen molar-refractivity contribution in [1.29, 1.82) is 0 Å². The van der Waals surface area contributed by atoms with E-state index in [1.165, 1.54) is 6.07 Å². The SMILES string of the molecule is O=C1NC2(CCC2)Nc2cccc(F)c21. The zero-order chi connectivity index (χ0) is 10.5. The van der Waals surface area contributed by atoms with E-state index < -0.39 is 5.82 Å². The predicted octanol–water partition coefficient (Wildman–Crippen LogP) is 1.86. The highest BCUT2D eigenvalue weighted by atomic mass is 19.1. The first-order valence-electron chi connectivity index (χ1n) is 5.09. The summed E-state index contributed by atoms with van der Waals surface area (Å²) in [6, 6.07) is 4.67. The van der Waals surface area contributed by atoms with Crippen LogP contribution < -0.4 is 10.6 Å². The molecule has 1 spiro atoms. The van der Waals surface area contributed by atoms with Crippen LogP contribution in [0.15, 0.2) is 18.2 Å². The van der Waals surface area contributed by atoms with Gasteiger partial charge in [-0.05, 0) is 31.4 Å². The van der Waals surface area contributed by atoms with Gasteiger partial charge in [0, 0.05) is 0 Å². The van der Waals surface area contributed by atoms with Gasteiger partial charge in [-0.1, -0.05) is 6.07 Å². The Bertz CT molecular complexity index is 440. The normalized spacial score (nSPS) is 21.3. The summed E-state index contributed by atoms with van der Waals surface area (Å²) in [7, 11) is 0. The number of anilines is 1. The first-order valence-corrected chi connectivity index (χ1v) is 5.09. The molecule has 2 N–H and O–H groups in total. The highest BCUT2D eigenvalue weighted by Crippen LogP contribution is 2.37. The maximum atomic E-state index is 13.4. The van der Waals surface area contributed by atoms with Crippen molar-refractivity contribution < 1.29 is 9.18 Å². The third kappa shape index (κ3) is 1.14. The molecule has 1 aliphatic carbocycles. The Kier molecular flexibility index (Phi) is 1.58. The summed E-state index contributed by atoms with van der Waals surface area (Å²) < 4.78 is 13.4. The first kappa shape index (κ1) is 8.71. The summed E-state index contributed by atoms with van der Waals surface area (Å²) in [4.78, 5) is 11.7. The molecule has 1 aromatic rings. The summed E-state index contributed by atoms with van der Waals surface area (Å²) in [5.41, 5.74) is 0.436. The number of hydrogen-bond donors (Lipinski definition) is 2. The molecule has 0 atom stereocenters. The number of nitrogens with one attached hydrogen (secondary N) is 2. The van der Waals surface area contributed by atoms with Gasteiger partial charge in [-0.25, -0.2) is 4.39 Å². The fourth-order valence-electron chi connectivity index (χ4n) is 2.21. The van der Waals surface area contributed by atoms with Crippen LogP contribution in [0.1, 0.15) is 29.6 Å². The van der Waals surface area contributed by atoms with Crippen LogP contribution in [0.3, 0.4) is 0 Å². The number of carbonyl (C=O) groups is 1. The van der Waals surface area contributed by atoms with Crippen LogP contribution in [0.4, 0.5) is 10.1 Å². The second-order valence-electron chi connectivity index (χ2n) is 4.18. The van der Waals surface area contributed by atoms with E-state index in [9.17, 15) is 9.18 Å². The van der Waals surface area contributed by atoms with Crippen LogP contribution in [0.5, 0.6) is 0 Å². The third-order valence-corrected chi connectivity index (χ3v) is 3.17. The van der Waals surface area contributed by atoms with E-state index in [2.05, 4.69) is 10.6 Å². The second kappa shape index (κ2) is 2.72. The van der Waals surface area contributed by atoms with Gasteiger partial charge in [0.1, 0.15) is 11.5 Å². The molecular weight excluding hydrogens is 195 g/mol. The van der Waals surface area contributed by atoms with E-state index in [1.807, 2.05) is 0 Å². The van der Waals surface area contributed by atoms with E-state index in [4.69, 9.17) is 0 Å². The zero-order valence-corrected chi connectivity index (χ0v) is 8.14. The van der Waals surface area contributed by atoms with Crippen molar-refractivity contribution in [2.45, 2.75) is 24.9 Å². The number of rotatable bonds is 0. The van der Waals surface area contributed by atoms with Gasteiger partial charge >= 0.3 is 0 Å². The molecule has 0 saturated heterocycles. The van der Waals surface area contributed by atoms with Gasteiger partial charge in [0.25, 0.3) is 5.91 Å². The molecule has 0 aromatic heterocycles. The lowest BCUT2D eigenvalue weighted by atomic mass is 9.82. The fourth-order valence-corrected chi connectivity index (χ4v) is 2.21. The summed E-state index contributed by atoms with van der Waals surface area (Å²) in [6.07, 6.45) is 2.92. The summed E-state index contributed by atoms with van der Waals surface area (Å²) >= 11 is 0. The minimum atomic E-state index is -0.466. The average Bonchev–Trinajstić information content (AvgIpc) is 2.14. The molecule has 1 aliphatic heterocycles. The van der Waals surface area contributed by atoms with Crippen LogP contribution >= 0.6 is 0 Å². The fraction of sp³-hybridized carbons (Fsp3) is 0.364. The molecule has 15 heavy (non-hydrogen) atoms. The molecule has 1 aromatic carbocycles. The minimum absolute atomic E-state index is 0.134. The van der Waals surface area contributed by atoms with Crippen LogP contribution in [0.2, 0.25) is 0 Å². The van der Waals surface area contributed by atoms with Crippen molar-refractivity contribution in [2.75, 3.05) is 5.32 Å². The van der Waals surface area contributed by atoms with E-state index in [-0.39, 0.29) is 17.1 Å². The standard InChI is InChI=1S/C11H11FN2O/c12-7-3-1-4-8-9(7)10(15)14-11(13-8)5-2-6-11/h1,3-4,13H,2,5-6H2,(H,14,15). The molecule has 78 valence electrons. The Labute approximate surface area is 86.7 Å². The van der Waals surface area contributed by atoms with Crippen LogP contribution in [-0.4, -0.2) is 11.6 Å². The summed E-state index contributed by atoms with van der Waals surface area (Å²) in [5.74, 6) is -0.770. The summed E-state index contributed by atoms with van der Waals surface area (Å²) in [5, 5.41) is 6.05. The van der Waals surface area contributed by atoms with E-state index in [0.29, 0.717) is 5.69 Å². The van der Waals surface area contributed by atoms with Gasteiger partial charge in [0.15, 0.2) is 0 Å². The number of amides is 1. The molecule has 0 unspecified atom stereocenters. The van der Waals surface area contributed by atoms with Gasteiger partial charge in [0.05, 0.1) is 11.3 Å². The highest BCUT2D eigenvalue weighted by molar-refractivity contribution is 6.02. The van der Waals surface area contributed by atoms with Crippen LogP contribution in [0, 0.1) is 5.82 Å². The van der Waals surface area contributed by atoms with Gasteiger partial charge in [0.2, 0.25) is 0 Å². The second-order valence-corrected chi connectivity index (χ2v) is 4.18. The number of hydrogen-bond acceptors (Lipinski definition) is 2. The highest BCUT2D eigenvalue weighted by Gasteiger charge is 2.43. The lowest BCUT2D eigenvalue weighted by Gasteiger charge is -2.46. The van der Waals surface area contributed by atoms with E-state index in [1.54, 1.807) is 12.1 Å². The van der Waals surface area contributed by atoms with Gasteiger partial charge in [-0.3, -0.25) is 4.79 Å². The van der Waals surface area contributed by atoms with Crippen LogP contribution in [0.25, 0.3) is 0 Å². The maximum Gasteiger partial charge on any atom is 0.258 e. The number of benzene rings is 1. The molecule has 4 heteroatoms. The van der Waals surface area contributed by atoms with Crippen molar-refractivity contribution in [2.24, 2.45) is 0 Å². The van der Waals surface area contributed by atoms with Gasteiger partial charge in [-0.2, -0.15) is 0 Å². The smallest absolute Gasteiger partial charge is 0.258 e. The topological polar surface area (TPSA) is 41.1 Å². The van der Waals surface area contributed by atoms with E-state index in [0.717, 1.165) is 19.3 Å². The van der Waals surface area contributed by atoms with Gasteiger partial charge in [-0.15, -0.1) is 0 Å². The quantitative estimate of drug-likeness (QED) is 0.680. The molecule has 3 nitrogen and oxygen atoms in total. The largest absolute Gasteiger partial charge is 0.362 e. The summed E-state index contributed by atoms with van der Waals surface area (Å²) in [6.45, 7) is 0. The lowest BCUT2D eigenvalue weighted by Crippen LogP contribution is -2.61. The number of carbonyl (C=O) groups excluding carboxylic acids is 1. The molecule has 0 radical (unpaired) electrons. The zero-order valence-electron chi connectivity index (χ0n) is 8.14. The Morgan fingerprint density at radius 3 is 2.73 bits per heavy atom. The maximum absolute atomic E-state index is 13.4. The molecular formula is C11H11FN2O. The van der Waals surface area contributed by atoms with Gasteiger partial charge < -0.3 is 10.6 Å².